The first-order chi connectivity index (χ1) is 10.1. The summed E-state index contributed by atoms with van der Waals surface area (Å²) in [4.78, 5) is 11.6. The van der Waals surface area contributed by atoms with Gasteiger partial charge in [0.05, 0.1) is 26.9 Å². The van der Waals surface area contributed by atoms with Crippen LogP contribution in [0, 0.1) is 0 Å². The number of ether oxygens (including phenoxy) is 3. The van der Waals surface area contributed by atoms with Crippen LogP contribution in [0.1, 0.15) is 10.4 Å². The van der Waals surface area contributed by atoms with Crippen LogP contribution in [0.15, 0.2) is 36.4 Å². The molecule has 5 heteroatoms. The molecule has 0 aliphatic heterocycles. The average Bonchev–Trinajstić information content (AvgIpc) is 2.53. The summed E-state index contributed by atoms with van der Waals surface area (Å²) in [6.45, 7) is 0. The Morgan fingerprint density at radius 1 is 0.952 bits per heavy atom. The molecule has 0 unspecified atom stereocenters. The Bertz CT molecular complexity index is 664. The van der Waals surface area contributed by atoms with E-state index in [1.54, 1.807) is 31.4 Å². The van der Waals surface area contributed by atoms with Crippen molar-refractivity contribution >= 4 is 5.97 Å². The molecule has 2 aromatic carbocycles. The number of hydrogen-bond acceptors (Lipinski definition) is 5. The van der Waals surface area contributed by atoms with Crippen molar-refractivity contribution in [2.75, 3.05) is 21.3 Å². The number of carbonyl (C=O) groups is 1. The molecule has 0 aliphatic carbocycles. The average molecular weight is 288 g/mol. The number of carbonyl (C=O) groups excluding carboxylic acids is 1. The topological polar surface area (TPSA) is 65.0 Å². The van der Waals surface area contributed by atoms with Gasteiger partial charge in [-0.15, -0.1) is 0 Å². The minimum Gasteiger partial charge on any atom is -0.507 e. The molecule has 2 rings (SSSR count). The zero-order valence-electron chi connectivity index (χ0n) is 12.0. The summed E-state index contributed by atoms with van der Waals surface area (Å²) >= 11 is 0. The molecule has 0 heterocycles. The quantitative estimate of drug-likeness (QED) is 0.876. The molecule has 0 aliphatic rings. The predicted octanol–water partition coefficient (Wildman–Crippen LogP) is 2.86. The largest absolute Gasteiger partial charge is 0.507 e. The van der Waals surface area contributed by atoms with Crippen LogP contribution in [0.25, 0.3) is 11.1 Å². The van der Waals surface area contributed by atoms with Gasteiger partial charge in [0.2, 0.25) is 0 Å². The minimum atomic E-state index is -0.461. The zero-order valence-corrected chi connectivity index (χ0v) is 12.0. The van der Waals surface area contributed by atoms with E-state index in [-0.39, 0.29) is 5.75 Å². The molecule has 0 amide bonds. The minimum absolute atomic E-state index is 0.0647. The van der Waals surface area contributed by atoms with Gasteiger partial charge in [-0.2, -0.15) is 0 Å². The molecule has 2 aromatic rings. The second-order valence-corrected chi connectivity index (χ2v) is 4.29. The van der Waals surface area contributed by atoms with Crippen molar-refractivity contribution in [1.29, 1.82) is 0 Å². The Morgan fingerprint density at radius 2 is 1.67 bits per heavy atom. The van der Waals surface area contributed by atoms with Gasteiger partial charge in [-0.1, -0.05) is 6.07 Å². The number of rotatable bonds is 4. The third-order valence-corrected chi connectivity index (χ3v) is 3.11. The Hall–Kier alpha value is -2.69. The number of phenols is 1. The van der Waals surface area contributed by atoms with Gasteiger partial charge < -0.3 is 19.3 Å². The number of esters is 1. The van der Waals surface area contributed by atoms with Crippen molar-refractivity contribution in [1.82, 2.24) is 0 Å². The number of aromatic hydroxyl groups is 1. The van der Waals surface area contributed by atoms with Gasteiger partial charge in [-0.05, 0) is 35.9 Å². The van der Waals surface area contributed by atoms with Gasteiger partial charge in [-0.25, -0.2) is 4.79 Å². The summed E-state index contributed by atoms with van der Waals surface area (Å²) in [5.41, 5.74) is 1.58. The van der Waals surface area contributed by atoms with E-state index >= 15 is 0 Å². The highest BCUT2D eigenvalue weighted by molar-refractivity contribution is 5.92. The van der Waals surface area contributed by atoms with Crippen molar-refractivity contribution in [2.24, 2.45) is 0 Å². The molecular formula is C16H16O5. The molecule has 0 saturated carbocycles. The number of methoxy groups -OCH3 is 3. The molecule has 5 nitrogen and oxygen atoms in total. The summed E-state index contributed by atoms with van der Waals surface area (Å²) in [6.07, 6.45) is 0. The first kappa shape index (κ1) is 14.7. The molecule has 0 saturated heterocycles. The van der Waals surface area contributed by atoms with Crippen LogP contribution in [-0.2, 0) is 4.74 Å². The second kappa shape index (κ2) is 6.17. The predicted molar refractivity (Wildman–Crippen MR) is 78.0 cm³/mol. The Morgan fingerprint density at radius 3 is 2.29 bits per heavy atom. The van der Waals surface area contributed by atoms with Crippen LogP contribution < -0.4 is 9.47 Å². The maximum absolute atomic E-state index is 11.6. The monoisotopic (exact) mass is 288 g/mol. The van der Waals surface area contributed by atoms with Crippen molar-refractivity contribution in [3.63, 3.8) is 0 Å². The van der Waals surface area contributed by atoms with E-state index < -0.39 is 5.97 Å². The highest BCUT2D eigenvalue weighted by atomic mass is 16.5. The van der Waals surface area contributed by atoms with Gasteiger partial charge in [0.25, 0.3) is 0 Å². The molecule has 21 heavy (non-hydrogen) atoms. The Kier molecular flexibility index (Phi) is 4.33. The molecule has 0 spiro atoms. The van der Waals surface area contributed by atoms with E-state index in [2.05, 4.69) is 4.74 Å². The first-order valence-corrected chi connectivity index (χ1v) is 6.24. The molecule has 0 atom stereocenters. The number of hydrogen-bond donors (Lipinski definition) is 1. The highest BCUT2D eigenvalue weighted by Crippen LogP contribution is 2.36. The lowest BCUT2D eigenvalue weighted by molar-refractivity contribution is 0.0601. The lowest BCUT2D eigenvalue weighted by Crippen LogP contribution is -2.01. The fourth-order valence-electron chi connectivity index (χ4n) is 2.02. The standard InChI is InChI=1S/C16H16O5/c1-19-14-7-5-10(9-15(14)20-2)12-8-11(16(18)21-3)4-6-13(12)17/h4-9,17H,1-3H3. The molecule has 0 aromatic heterocycles. The number of phenolic OH excluding ortho intramolecular Hbond substituents is 1. The molecule has 0 radical (unpaired) electrons. The van der Waals surface area contributed by atoms with Crippen LogP contribution in [0.5, 0.6) is 17.2 Å². The van der Waals surface area contributed by atoms with Gasteiger partial charge in [0, 0.05) is 5.56 Å². The van der Waals surface area contributed by atoms with E-state index in [0.717, 1.165) is 0 Å². The van der Waals surface area contributed by atoms with Crippen molar-refractivity contribution < 1.29 is 24.1 Å². The summed E-state index contributed by atoms with van der Waals surface area (Å²) in [7, 11) is 4.39. The maximum atomic E-state index is 11.6. The van der Waals surface area contributed by atoms with E-state index in [1.807, 2.05) is 0 Å². The highest BCUT2D eigenvalue weighted by Gasteiger charge is 2.13. The smallest absolute Gasteiger partial charge is 0.337 e. The molecule has 110 valence electrons. The normalized spacial score (nSPS) is 10.0. The van der Waals surface area contributed by atoms with E-state index in [9.17, 15) is 9.90 Å². The zero-order chi connectivity index (χ0) is 15.4. The van der Waals surface area contributed by atoms with Gasteiger partial charge in [0.1, 0.15) is 5.75 Å². The van der Waals surface area contributed by atoms with Crippen molar-refractivity contribution in [3.05, 3.63) is 42.0 Å². The fraction of sp³-hybridized carbons (Fsp3) is 0.188. The van der Waals surface area contributed by atoms with Crippen LogP contribution in [0.4, 0.5) is 0 Å². The van der Waals surface area contributed by atoms with Crippen molar-refractivity contribution in [2.45, 2.75) is 0 Å². The summed E-state index contributed by atoms with van der Waals surface area (Å²) in [6, 6.07) is 9.77. The fourth-order valence-corrected chi connectivity index (χ4v) is 2.02. The molecule has 0 fully saturated rings. The van der Waals surface area contributed by atoms with Gasteiger partial charge in [0.15, 0.2) is 11.5 Å². The number of benzene rings is 2. The molecule has 1 N–H and O–H groups in total. The van der Waals surface area contributed by atoms with Crippen LogP contribution in [0.3, 0.4) is 0 Å². The molecular weight excluding hydrogens is 272 g/mol. The van der Waals surface area contributed by atoms with Gasteiger partial charge in [-0.3, -0.25) is 0 Å². The Labute approximate surface area is 122 Å². The summed E-state index contributed by atoms with van der Waals surface area (Å²) < 4.78 is 15.1. The summed E-state index contributed by atoms with van der Waals surface area (Å²) in [5, 5.41) is 10.0. The SMILES string of the molecule is COC(=O)c1ccc(O)c(-c2ccc(OC)c(OC)c2)c1. The molecule has 0 bridgehead atoms. The third-order valence-electron chi connectivity index (χ3n) is 3.11. The first-order valence-electron chi connectivity index (χ1n) is 6.24. The lowest BCUT2D eigenvalue weighted by Gasteiger charge is -2.11. The van der Waals surface area contributed by atoms with Crippen molar-refractivity contribution in [3.8, 4) is 28.4 Å². The van der Waals surface area contributed by atoms with E-state index in [4.69, 9.17) is 9.47 Å². The van der Waals surface area contributed by atoms with Crippen LogP contribution in [-0.4, -0.2) is 32.4 Å². The Balaban J connectivity index is 2.53. The lowest BCUT2D eigenvalue weighted by atomic mass is 10.0. The van der Waals surface area contributed by atoms with E-state index in [0.29, 0.717) is 28.2 Å². The maximum Gasteiger partial charge on any atom is 0.337 e. The van der Waals surface area contributed by atoms with Crippen LogP contribution in [0.2, 0.25) is 0 Å². The summed E-state index contributed by atoms with van der Waals surface area (Å²) in [5.74, 6) is 0.731. The van der Waals surface area contributed by atoms with Gasteiger partial charge >= 0.3 is 5.97 Å². The van der Waals surface area contributed by atoms with E-state index in [1.165, 1.54) is 26.4 Å². The van der Waals surface area contributed by atoms with Crippen LogP contribution >= 0.6 is 0 Å². The second-order valence-electron chi connectivity index (χ2n) is 4.29. The third kappa shape index (κ3) is 2.91.